The second kappa shape index (κ2) is 8.98. The molecule has 8 heteroatoms. The quantitative estimate of drug-likeness (QED) is 0.732. The zero-order chi connectivity index (χ0) is 18.3. The Hall–Kier alpha value is -1.67. The molecule has 0 heterocycles. The molecule has 0 aromatic heterocycles. The predicted molar refractivity (Wildman–Crippen MR) is 89.9 cm³/mol. The summed E-state index contributed by atoms with van der Waals surface area (Å²) in [6.07, 6.45) is 1.72. The van der Waals surface area contributed by atoms with Crippen LogP contribution in [-0.4, -0.2) is 44.9 Å². The number of hydrogen-bond donors (Lipinski definition) is 1. The second-order valence-corrected chi connectivity index (χ2v) is 7.39. The highest BCUT2D eigenvalue weighted by Crippen LogP contribution is 2.27. The summed E-state index contributed by atoms with van der Waals surface area (Å²) in [5.41, 5.74) is 0. The van der Waals surface area contributed by atoms with E-state index in [9.17, 15) is 17.6 Å². The van der Waals surface area contributed by atoms with E-state index in [0.29, 0.717) is 0 Å². The fourth-order valence-corrected chi connectivity index (χ4v) is 3.92. The summed E-state index contributed by atoms with van der Waals surface area (Å²) in [6, 6.07) is 3.23. The molecule has 0 saturated heterocycles. The van der Waals surface area contributed by atoms with E-state index in [4.69, 9.17) is 4.74 Å². The lowest BCUT2D eigenvalue weighted by molar-refractivity contribution is -0.121. The van der Waals surface area contributed by atoms with Crippen LogP contribution in [0, 0.1) is 5.82 Å². The van der Waals surface area contributed by atoms with Gasteiger partial charge < -0.3 is 10.1 Å². The van der Waals surface area contributed by atoms with Gasteiger partial charge in [-0.2, -0.15) is 4.31 Å². The van der Waals surface area contributed by atoms with E-state index in [-0.39, 0.29) is 29.8 Å². The molecule has 0 aliphatic heterocycles. The van der Waals surface area contributed by atoms with Crippen LogP contribution in [0.25, 0.3) is 0 Å². The average Bonchev–Trinajstić information content (AvgIpc) is 2.52. The third-order valence-electron chi connectivity index (χ3n) is 3.55. The number of benzene rings is 1. The minimum absolute atomic E-state index is 0.0346. The fourth-order valence-electron chi connectivity index (χ4n) is 2.34. The lowest BCUT2D eigenvalue weighted by Crippen LogP contribution is -2.43. The first-order chi connectivity index (χ1) is 11.3. The lowest BCUT2D eigenvalue weighted by atomic mass is 10.2. The van der Waals surface area contributed by atoms with E-state index in [1.165, 1.54) is 13.2 Å². The van der Waals surface area contributed by atoms with E-state index in [1.807, 2.05) is 13.8 Å². The lowest BCUT2D eigenvalue weighted by Gasteiger charge is -2.22. The van der Waals surface area contributed by atoms with Gasteiger partial charge in [-0.15, -0.1) is 0 Å². The molecule has 1 rings (SSSR count). The van der Waals surface area contributed by atoms with Crippen molar-refractivity contribution in [2.45, 2.75) is 44.6 Å². The van der Waals surface area contributed by atoms with Crippen LogP contribution in [0.5, 0.6) is 5.75 Å². The monoisotopic (exact) mass is 360 g/mol. The van der Waals surface area contributed by atoms with Crippen molar-refractivity contribution in [3.8, 4) is 5.75 Å². The van der Waals surface area contributed by atoms with Crippen molar-refractivity contribution in [3.05, 3.63) is 24.0 Å². The Kier molecular flexibility index (Phi) is 7.62. The van der Waals surface area contributed by atoms with Gasteiger partial charge in [-0.1, -0.05) is 20.3 Å². The number of carbonyl (C=O) groups is 1. The molecule has 0 unspecified atom stereocenters. The molecule has 1 aromatic rings. The van der Waals surface area contributed by atoms with Crippen LogP contribution in [0.3, 0.4) is 0 Å². The normalized spacial score (nSPS) is 12.9. The number of likely N-dealkylation sites (N-methyl/N-ethyl adjacent to an activating group) is 1. The van der Waals surface area contributed by atoms with Gasteiger partial charge in [0.25, 0.3) is 0 Å². The molecular formula is C16H25FN2O4S. The number of sulfonamides is 1. The maximum atomic E-state index is 13.5. The molecule has 0 aliphatic rings. The van der Waals surface area contributed by atoms with E-state index < -0.39 is 21.7 Å². The summed E-state index contributed by atoms with van der Waals surface area (Å²) < 4.78 is 45.0. The number of rotatable bonds is 9. The van der Waals surface area contributed by atoms with Crippen molar-refractivity contribution in [3.63, 3.8) is 0 Å². The summed E-state index contributed by atoms with van der Waals surface area (Å²) in [6.45, 7) is 5.24. The SMILES string of the molecule is CCC[C@H](C)NC(=O)CN(CC)S(=O)(=O)c1cc(F)ccc1OC. The molecule has 1 aromatic carbocycles. The smallest absolute Gasteiger partial charge is 0.247 e. The van der Waals surface area contributed by atoms with Crippen LogP contribution in [0.4, 0.5) is 4.39 Å². The molecule has 1 N–H and O–H groups in total. The highest BCUT2D eigenvalue weighted by atomic mass is 32.2. The Morgan fingerprint density at radius 2 is 2.04 bits per heavy atom. The Labute approximate surface area is 143 Å². The van der Waals surface area contributed by atoms with Crippen LogP contribution in [-0.2, 0) is 14.8 Å². The molecule has 0 bridgehead atoms. The molecular weight excluding hydrogens is 335 g/mol. The maximum absolute atomic E-state index is 13.5. The van der Waals surface area contributed by atoms with Crippen LogP contribution < -0.4 is 10.1 Å². The van der Waals surface area contributed by atoms with Crippen LogP contribution in [0.1, 0.15) is 33.6 Å². The van der Waals surface area contributed by atoms with E-state index >= 15 is 0 Å². The standard InChI is InChI=1S/C16H25FN2O4S/c1-5-7-12(3)18-16(20)11-19(6-2)24(21,22)15-10-13(17)8-9-14(15)23-4/h8-10,12H,5-7,11H2,1-4H3,(H,18,20)/t12-/m0/s1. The molecule has 24 heavy (non-hydrogen) atoms. The van der Waals surface area contributed by atoms with Crippen molar-refractivity contribution < 1.29 is 22.3 Å². The van der Waals surface area contributed by atoms with Gasteiger partial charge in [0.2, 0.25) is 15.9 Å². The number of ether oxygens (including phenoxy) is 1. The zero-order valence-electron chi connectivity index (χ0n) is 14.5. The predicted octanol–water partition coefficient (Wildman–Crippen LogP) is 2.15. The first-order valence-electron chi connectivity index (χ1n) is 7.89. The third kappa shape index (κ3) is 5.17. The van der Waals surface area contributed by atoms with Crippen molar-refractivity contribution in [1.29, 1.82) is 0 Å². The van der Waals surface area contributed by atoms with Gasteiger partial charge in [0.05, 0.1) is 13.7 Å². The number of methoxy groups -OCH3 is 1. The largest absolute Gasteiger partial charge is 0.495 e. The molecule has 1 amide bonds. The van der Waals surface area contributed by atoms with Gasteiger partial charge in [-0.3, -0.25) is 4.79 Å². The topological polar surface area (TPSA) is 75.7 Å². The molecule has 136 valence electrons. The zero-order valence-corrected chi connectivity index (χ0v) is 15.3. The van der Waals surface area contributed by atoms with Gasteiger partial charge in [0, 0.05) is 12.6 Å². The van der Waals surface area contributed by atoms with Gasteiger partial charge in [0.1, 0.15) is 16.5 Å². The van der Waals surface area contributed by atoms with Gasteiger partial charge in [0.15, 0.2) is 0 Å². The highest BCUT2D eigenvalue weighted by Gasteiger charge is 2.29. The number of nitrogens with one attached hydrogen (secondary N) is 1. The van der Waals surface area contributed by atoms with Gasteiger partial charge in [-0.05, 0) is 31.5 Å². The number of hydrogen-bond acceptors (Lipinski definition) is 4. The van der Waals surface area contributed by atoms with Crippen LogP contribution in [0.2, 0.25) is 0 Å². The maximum Gasteiger partial charge on any atom is 0.247 e. The van der Waals surface area contributed by atoms with Crippen molar-refractivity contribution in [1.82, 2.24) is 9.62 Å². The summed E-state index contributed by atoms with van der Waals surface area (Å²) in [4.78, 5) is 11.8. The molecule has 1 atom stereocenters. The van der Waals surface area contributed by atoms with Crippen molar-refractivity contribution >= 4 is 15.9 Å². The third-order valence-corrected chi connectivity index (χ3v) is 5.49. The number of nitrogens with zero attached hydrogens (tertiary/aromatic N) is 1. The summed E-state index contributed by atoms with van der Waals surface area (Å²) >= 11 is 0. The highest BCUT2D eigenvalue weighted by molar-refractivity contribution is 7.89. The Bertz CT molecular complexity index is 664. The van der Waals surface area contributed by atoms with Crippen molar-refractivity contribution in [2.75, 3.05) is 20.2 Å². The molecule has 0 aliphatic carbocycles. The minimum atomic E-state index is -4.05. The Morgan fingerprint density at radius 3 is 2.58 bits per heavy atom. The number of halogens is 1. The average molecular weight is 360 g/mol. The van der Waals surface area contributed by atoms with E-state index in [1.54, 1.807) is 6.92 Å². The first-order valence-corrected chi connectivity index (χ1v) is 9.33. The first kappa shape index (κ1) is 20.4. The summed E-state index contributed by atoms with van der Waals surface area (Å²) in [7, 11) is -2.74. The summed E-state index contributed by atoms with van der Waals surface area (Å²) in [5, 5.41) is 2.76. The van der Waals surface area contributed by atoms with Gasteiger partial charge >= 0.3 is 0 Å². The molecule has 0 saturated carbocycles. The fraction of sp³-hybridized carbons (Fsp3) is 0.562. The Morgan fingerprint density at radius 1 is 1.38 bits per heavy atom. The molecule has 0 spiro atoms. The molecule has 0 fully saturated rings. The number of carbonyl (C=O) groups excluding carboxylic acids is 1. The molecule has 0 radical (unpaired) electrons. The summed E-state index contributed by atoms with van der Waals surface area (Å²) in [5.74, 6) is -1.04. The van der Waals surface area contributed by atoms with Crippen LogP contribution >= 0.6 is 0 Å². The Balaban J connectivity index is 3.02. The second-order valence-electron chi connectivity index (χ2n) is 5.48. The van der Waals surface area contributed by atoms with E-state index in [0.717, 1.165) is 29.3 Å². The number of amides is 1. The molecule has 6 nitrogen and oxygen atoms in total. The minimum Gasteiger partial charge on any atom is -0.495 e. The van der Waals surface area contributed by atoms with Crippen molar-refractivity contribution in [2.24, 2.45) is 0 Å². The van der Waals surface area contributed by atoms with Gasteiger partial charge in [-0.25, -0.2) is 12.8 Å². The van der Waals surface area contributed by atoms with Crippen LogP contribution in [0.15, 0.2) is 23.1 Å². The van der Waals surface area contributed by atoms with E-state index in [2.05, 4.69) is 5.32 Å².